The van der Waals surface area contributed by atoms with E-state index in [0.717, 1.165) is 49.3 Å². The Morgan fingerprint density at radius 1 is 1.04 bits per heavy atom. The minimum Gasteiger partial charge on any atom is -0.330 e. The molecule has 1 aliphatic heterocycles. The molecule has 0 spiro atoms. The molecule has 0 atom stereocenters. The largest absolute Gasteiger partial charge is 0.416 e. The van der Waals surface area contributed by atoms with E-state index in [1.165, 1.54) is 17.7 Å². The molecule has 3 aromatic rings. The Bertz CT molecular complexity index is 982. The van der Waals surface area contributed by atoms with Gasteiger partial charge in [0.2, 0.25) is 0 Å². The van der Waals surface area contributed by atoms with Crippen LogP contribution in [0.2, 0.25) is 0 Å². The minimum absolute atomic E-state index is 0.0447. The third-order valence-electron chi connectivity index (χ3n) is 5.85. The van der Waals surface area contributed by atoms with Crippen LogP contribution in [-0.4, -0.2) is 27.5 Å². The Hall–Kier alpha value is -2.34. The van der Waals surface area contributed by atoms with E-state index in [1.54, 1.807) is 12.1 Å². The molecule has 0 amide bonds. The maximum absolute atomic E-state index is 13.3. The fourth-order valence-electron chi connectivity index (χ4n) is 4.37. The smallest absolute Gasteiger partial charge is 0.330 e. The normalized spacial score (nSPS) is 16.8. The molecular formula is C22H24F3N3. The van der Waals surface area contributed by atoms with Gasteiger partial charge in [-0.2, -0.15) is 13.2 Å². The van der Waals surface area contributed by atoms with E-state index in [0.29, 0.717) is 5.56 Å². The van der Waals surface area contributed by atoms with Crippen molar-refractivity contribution in [2.45, 2.75) is 38.4 Å². The van der Waals surface area contributed by atoms with Crippen LogP contribution >= 0.6 is 0 Å². The second-order valence-corrected chi connectivity index (χ2v) is 7.67. The number of alkyl halides is 3. The average molecular weight is 387 g/mol. The molecule has 1 aliphatic rings. The molecule has 0 aliphatic carbocycles. The second kappa shape index (κ2) is 7.24. The summed E-state index contributed by atoms with van der Waals surface area (Å²) < 4.78 is 42.1. The molecule has 4 rings (SSSR count). The highest BCUT2D eigenvalue weighted by Gasteiger charge is 2.35. The number of aryl methyl sites for hydroxylation is 2. The van der Waals surface area contributed by atoms with Crippen LogP contribution in [0, 0.1) is 6.92 Å². The second-order valence-electron chi connectivity index (χ2n) is 7.67. The molecule has 148 valence electrons. The summed E-state index contributed by atoms with van der Waals surface area (Å²) in [5.41, 5.74) is 3.28. The predicted octanol–water partition coefficient (Wildman–Crippen LogP) is 5.28. The van der Waals surface area contributed by atoms with Crippen LogP contribution in [0.3, 0.4) is 0 Å². The maximum atomic E-state index is 13.3. The number of rotatable bonds is 3. The molecular weight excluding hydrogens is 363 g/mol. The van der Waals surface area contributed by atoms with Crippen molar-refractivity contribution in [2.24, 2.45) is 7.05 Å². The van der Waals surface area contributed by atoms with Gasteiger partial charge in [-0.05, 0) is 62.0 Å². The number of benzene rings is 2. The van der Waals surface area contributed by atoms with Gasteiger partial charge in [0.25, 0.3) is 0 Å². The Labute approximate surface area is 162 Å². The Kier molecular flexibility index (Phi) is 4.91. The summed E-state index contributed by atoms with van der Waals surface area (Å²) in [7, 11) is 2.03. The van der Waals surface area contributed by atoms with Gasteiger partial charge >= 0.3 is 6.18 Å². The molecule has 0 N–H and O–H groups in total. The molecule has 2 heterocycles. The molecule has 3 nitrogen and oxygen atoms in total. The lowest BCUT2D eigenvalue weighted by atomic mass is 9.86. The first kappa shape index (κ1) is 19.0. The number of para-hydroxylation sites is 1. The van der Waals surface area contributed by atoms with E-state index in [4.69, 9.17) is 4.98 Å². The number of aromatic nitrogens is 2. The Balaban J connectivity index is 1.47. The van der Waals surface area contributed by atoms with Crippen LogP contribution < -0.4 is 0 Å². The SMILES string of the molecule is Cc1cccc2nc(CN3CCC(c4ccccc4C(F)(F)F)CC3)n(C)c12. The Morgan fingerprint density at radius 3 is 2.43 bits per heavy atom. The lowest BCUT2D eigenvalue weighted by Gasteiger charge is -2.33. The van der Waals surface area contributed by atoms with Gasteiger partial charge in [0.1, 0.15) is 5.82 Å². The molecule has 6 heteroatoms. The summed E-state index contributed by atoms with van der Waals surface area (Å²) >= 11 is 0. The first-order chi connectivity index (χ1) is 13.3. The number of imidazole rings is 1. The molecule has 28 heavy (non-hydrogen) atoms. The topological polar surface area (TPSA) is 21.1 Å². The molecule has 0 saturated carbocycles. The van der Waals surface area contributed by atoms with Gasteiger partial charge < -0.3 is 4.57 Å². The van der Waals surface area contributed by atoms with Crippen molar-refractivity contribution in [1.29, 1.82) is 0 Å². The van der Waals surface area contributed by atoms with Crippen molar-refractivity contribution < 1.29 is 13.2 Å². The summed E-state index contributed by atoms with van der Waals surface area (Å²) in [6.07, 6.45) is -2.83. The highest BCUT2D eigenvalue weighted by molar-refractivity contribution is 5.79. The van der Waals surface area contributed by atoms with E-state index >= 15 is 0 Å². The first-order valence-electron chi connectivity index (χ1n) is 9.64. The quantitative estimate of drug-likeness (QED) is 0.610. The number of hydrogen-bond donors (Lipinski definition) is 0. The summed E-state index contributed by atoms with van der Waals surface area (Å²) in [4.78, 5) is 7.06. The van der Waals surface area contributed by atoms with Crippen molar-refractivity contribution in [3.8, 4) is 0 Å². The zero-order valence-corrected chi connectivity index (χ0v) is 16.1. The van der Waals surface area contributed by atoms with Gasteiger partial charge in [-0.15, -0.1) is 0 Å². The van der Waals surface area contributed by atoms with Crippen LogP contribution in [-0.2, 0) is 19.8 Å². The summed E-state index contributed by atoms with van der Waals surface area (Å²) in [6, 6.07) is 12.1. The van der Waals surface area contributed by atoms with E-state index in [2.05, 4.69) is 22.5 Å². The molecule has 1 saturated heterocycles. The van der Waals surface area contributed by atoms with Crippen LogP contribution in [0.1, 0.15) is 41.3 Å². The van der Waals surface area contributed by atoms with E-state index in [9.17, 15) is 13.2 Å². The fraction of sp³-hybridized carbons (Fsp3) is 0.409. The monoisotopic (exact) mass is 387 g/mol. The minimum atomic E-state index is -4.29. The number of piperidine rings is 1. The number of nitrogens with zero attached hydrogens (tertiary/aromatic N) is 3. The number of likely N-dealkylation sites (tertiary alicyclic amines) is 1. The Morgan fingerprint density at radius 2 is 1.75 bits per heavy atom. The lowest BCUT2D eigenvalue weighted by molar-refractivity contribution is -0.138. The average Bonchev–Trinajstić information content (AvgIpc) is 2.98. The molecule has 0 unspecified atom stereocenters. The van der Waals surface area contributed by atoms with Crippen LogP contribution in [0.5, 0.6) is 0 Å². The molecule has 1 fully saturated rings. The summed E-state index contributed by atoms with van der Waals surface area (Å²) in [5.74, 6) is 0.954. The first-order valence-corrected chi connectivity index (χ1v) is 9.64. The van der Waals surface area contributed by atoms with Crippen LogP contribution in [0.4, 0.5) is 13.2 Å². The summed E-state index contributed by atoms with van der Waals surface area (Å²) in [5, 5.41) is 0. The summed E-state index contributed by atoms with van der Waals surface area (Å²) in [6.45, 7) is 4.35. The van der Waals surface area contributed by atoms with Gasteiger partial charge in [0.05, 0.1) is 23.1 Å². The third-order valence-corrected chi connectivity index (χ3v) is 5.85. The highest BCUT2D eigenvalue weighted by Crippen LogP contribution is 2.38. The van der Waals surface area contributed by atoms with Crippen LogP contribution in [0.25, 0.3) is 11.0 Å². The van der Waals surface area contributed by atoms with Gasteiger partial charge in [-0.25, -0.2) is 4.98 Å². The van der Waals surface area contributed by atoms with E-state index < -0.39 is 11.7 Å². The van der Waals surface area contributed by atoms with Gasteiger partial charge in [0.15, 0.2) is 0 Å². The van der Waals surface area contributed by atoms with Crippen molar-refractivity contribution >= 4 is 11.0 Å². The highest BCUT2D eigenvalue weighted by atomic mass is 19.4. The van der Waals surface area contributed by atoms with Crippen molar-refractivity contribution in [3.63, 3.8) is 0 Å². The molecule has 0 radical (unpaired) electrons. The number of fused-ring (bicyclic) bond motifs is 1. The number of hydrogen-bond acceptors (Lipinski definition) is 2. The van der Waals surface area contributed by atoms with Crippen molar-refractivity contribution in [3.05, 3.63) is 65.0 Å². The van der Waals surface area contributed by atoms with Gasteiger partial charge in [-0.1, -0.05) is 30.3 Å². The number of halogens is 3. The predicted molar refractivity (Wildman–Crippen MR) is 104 cm³/mol. The molecule has 1 aromatic heterocycles. The van der Waals surface area contributed by atoms with Crippen molar-refractivity contribution in [2.75, 3.05) is 13.1 Å². The lowest BCUT2D eigenvalue weighted by Crippen LogP contribution is -2.33. The molecule has 0 bridgehead atoms. The van der Waals surface area contributed by atoms with E-state index in [1.807, 2.05) is 19.2 Å². The zero-order valence-electron chi connectivity index (χ0n) is 16.1. The van der Waals surface area contributed by atoms with Crippen LogP contribution in [0.15, 0.2) is 42.5 Å². The van der Waals surface area contributed by atoms with Gasteiger partial charge in [0, 0.05) is 7.05 Å². The third kappa shape index (κ3) is 3.53. The van der Waals surface area contributed by atoms with Crippen molar-refractivity contribution in [1.82, 2.24) is 14.5 Å². The molecule has 2 aromatic carbocycles. The zero-order chi connectivity index (χ0) is 19.9. The van der Waals surface area contributed by atoms with E-state index in [-0.39, 0.29) is 5.92 Å². The fourth-order valence-corrected chi connectivity index (χ4v) is 4.37. The standard InChI is InChI=1S/C22H24F3N3/c1-15-6-5-9-19-21(15)27(2)20(26-19)14-28-12-10-16(11-13-28)17-7-3-4-8-18(17)22(23,24)25/h3-9,16H,10-14H2,1-2H3. The maximum Gasteiger partial charge on any atom is 0.416 e. The van der Waals surface area contributed by atoms with Gasteiger partial charge in [-0.3, -0.25) is 4.90 Å².